The van der Waals surface area contributed by atoms with Gasteiger partial charge in [0.25, 0.3) is 0 Å². The number of aromatic nitrogens is 2. The lowest BCUT2D eigenvalue weighted by molar-refractivity contribution is 0.0743. The minimum absolute atomic E-state index is 0.230. The van der Waals surface area contributed by atoms with Gasteiger partial charge in [-0.2, -0.15) is 0 Å². The zero-order valence-corrected chi connectivity index (χ0v) is 19.6. The van der Waals surface area contributed by atoms with Gasteiger partial charge in [-0.1, -0.05) is 53.5 Å². The van der Waals surface area contributed by atoms with E-state index in [0.717, 1.165) is 16.8 Å². The molecule has 0 saturated heterocycles. The van der Waals surface area contributed by atoms with Crippen LogP contribution < -0.4 is 0 Å². The van der Waals surface area contributed by atoms with Crippen LogP contribution in [0.4, 0.5) is 0 Å². The predicted octanol–water partition coefficient (Wildman–Crippen LogP) is 5.98. The molecule has 3 aromatic carbocycles. The second kappa shape index (κ2) is 8.81. The Bertz CT molecular complexity index is 1310. The maximum absolute atomic E-state index is 11.3. The first-order valence-corrected chi connectivity index (χ1v) is 11.5. The average molecular weight is 486 g/mol. The molecule has 0 aliphatic carbocycles. The van der Waals surface area contributed by atoms with E-state index < -0.39 is 16.7 Å². The van der Waals surface area contributed by atoms with Crippen LogP contribution in [0.1, 0.15) is 19.5 Å². The molecule has 5 nitrogen and oxygen atoms in total. The SMILES string of the molecule is CC(C)(O)c1cn(-c2ccc(-c3cccc(S(=O)[O-])c3)cc2)c(-c2cccc(Cl)c2Cl)n1. The van der Waals surface area contributed by atoms with Crippen molar-refractivity contribution in [1.29, 1.82) is 0 Å². The number of benzene rings is 3. The van der Waals surface area contributed by atoms with E-state index >= 15 is 0 Å². The van der Waals surface area contributed by atoms with Gasteiger partial charge in [-0.3, -0.25) is 8.78 Å². The van der Waals surface area contributed by atoms with Crippen LogP contribution in [-0.2, 0) is 16.7 Å². The first-order chi connectivity index (χ1) is 15.1. The van der Waals surface area contributed by atoms with Crippen molar-refractivity contribution < 1.29 is 13.9 Å². The van der Waals surface area contributed by atoms with Crippen LogP contribution in [0.5, 0.6) is 0 Å². The van der Waals surface area contributed by atoms with Crippen molar-refractivity contribution in [3.8, 4) is 28.2 Å². The number of hydrogen-bond acceptors (Lipinski definition) is 4. The van der Waals surface area contributed by atoms with Gasteiger partial charge in [-0.15, -0.1) is 0 Å². The normalized spacial score (nSPS) is 12.7. The Labute approximate surface area is 198 Å². The third-order valence-electron chi connectivity index (χ3n) is 5.03. The number of nitrogens with zero attached hydrogens (tertiary/aromatic N) is 2. The van der Waals surface area contributed by atoms with Crippen LogP contribution >= 0.6 is 23.2 Å². The maximum Gasteiger partial charge on any atom is 0.146 e. The lowest BCUT2D eigenvalue weighted by Gasteiger charge is -2.13. The monoisotopic (exact) mass is 485 g/mol. The molecule has 164 valence electrons. The molecule has 0 spiro atoms. The molecule has 0 saturated carbocycles. The molecular formula is C24H19Cl2N2O3S-. The highest BCUT2D eigenvalue weighted by Gasteiger charge is 2.24. The van der Waals surface area contributed by atoms with Crippen molar-refractivity contribution in [2.24, 2.45) is 0 Å². The van der Waals surface area contributed by atoms with Gasteiger partial charge in [0.1, 0.15) is 11.4 Å². The Morgan fingerprint density at radius 2 is 1.69 bits per heavy atom. The smallest absolute Gasteiger partial charge is 0.146 e. The zero-order chi connectivity index (χ0) is 23.0. The van der Waals surface area contributed by atoms with E-state index in [-0.39, 0.29) is 4.90 Å². The summed E-state index contributed by atoms with van der Waals surface area (Å²) >= 11 is 10.4. The van der Waals surface area contributed by atoms with Gasteiger partial charge in [-0.25, -0.2) is 4.98 Å². The van der Waals surface area contributed by atoms with Crippen LogP contribution in [0.15, 0.2) is 77.8 Å². The Hall–Kier alpha value is -2.48. The molecule has 0 amide bonds. The standard InChI is InChI=1S/C24H20Cl2N2O3S/c1-24(2,29)21-14-28(23(27-21)19-7-4-8-20(25)22(19)26)17-11-9-15(10-12-17)16-5-3-6-18(13-16)32(30)31/h3-14,29H,1-2H3,(H,30,31)/p-1. The Morgan fingerprint density at radius 3 is 2.34 bits per heavy atom. The first-order valence-electron chi connectivity index (χ1n) is 9.72. The molecule has 4 rings (SSSR count). The Morgan fingerprint density at radius 1 is 1.00 bits per heavy atom. The maximum atomic E-state index is 11.3. The highest BCUT2D eigenvalue weighted by Crippen LogP contribution is 2.36. The van der Waals surface area contributed by atoms with Crippen molar-refractivity contribution in [1.82, 2.24) is 9.55 Å². The fourth-order valence-electron chi connectivity index (χ4n) is 3.33. The fraction of sp³-hybridized carbons (Fsp3) is 0.125. The number of imidazole rings is 1. The van der Waals surface area contributed by atoms with E-state index in [0.29, 0.717) is 27.1 Å². The first kappa shape index (κ1) is 22.7. The molecule has 0 bridgehead atoms. The van der Waals surface area contributed by atoms with Crippen LogP contribution in [0.3, 0.4) is 0 Å². The lowest BCUT2D eigenvalue weighted by atomic mass is 10.1. The van der Waals surface area contributed by atoms with Gasteiger partial charge in [-0.05, 0) is 72.5 Å². The van der Waals surface area contributed by atoms with Gasteiger partial charge in [0, 0.05) is 22.3 Å². The van der Waals surface area contributed by atoms with Crippen LogP contribution in [0.25, 0.3) is 28.2 Å². The highest BCUT2D eigenvalue weighted by molar-refractivity contribution is 7.79. The largest absolute Gasteiger partial charge is 0.768 e. The second-order valence-electron chi connectivity index (χ2n) is 7.79. The lowest BCUT2D eigenvalue weighted by Crippen LogP contribution is -2.15. The van der Waals surface area contributed by atoms with E-state index in [9.17, 15) is 13.9 Å². The molecule has 1 aromatic heterocycles. The molecule has 1 unspecified atom stereocenters. The zero-order valence-electron chi connectivity index (χ0n) is 17.3. The summed E-state index contributed by atoms with van der Waals surface area (Å²) in [7, 11) is 0. The van der Waals surface area contributed by atoms with Crippen LogP contribution in [0, 0.1) is 0 Å². The molecule has 1 heterocycles. The van der Waals surface area contributed by atoms with Gasteiger partial charge < -0.3 is 9.66 Å². The summed E-state index contributed by atoms with van der Waals surface area (Å²) in [6, 6.07) is 19.6. The Kier molecular flexibility index (Phi) is 6.25. The van der Waals surface area contributed by atoms with Crippen molar-refractivity contribution >= 4 is 34.3 Å². The molecule has 32 heavy (non-hydrogen) atoms. The topological polar surface area (TPSA) is 78.2 Å². The molecule has 1 N–H and O–H groups in total. The van der Waals surface area contributed by atoms with E-state index in [4.69, 9.17) is 23.2 Å². The van der Waals surface area contributed by atoms with Crippen molar-refractivity contribution in [2.45, 2.75) is 24.3 Å². The minimum atomic E-state index is -2.29. The van der Waals surface area contributed by atoms with Crippen molar-refractivity contribution in [3.63, 3.8) is 0 Å². The van der Waals surface area contributed by atoms with Crippen LogP contribution in [-0.4, -0.2) is 23.4 Å². The molecule has 4 aromatic rings. The fourth-order valence-corrected chi connectivity index (χ4v) is 4.13. The van der Waals surface area contributed by atoms with E-state index in [1.807, 2.05) is 41.0 Å². The summed E-state index contributed by atoms with van der Waals surface area (Å²) in [6.45, 7) is 3.33. The molecular weight excluding hydrogens is 467 g/mol. The summed E-state index contributed by atoms with van der Waals surface area (Å²) < 4.78 is 24.4. The van der Waals surface area contributed by atoms with E-state index in [2.05, 4.69) is 4.98 Å². The average Bonchev–Trinajstić information content (AvgIpc) is 3.22. The van der Waals surface area contributed by atoms with Gasteiger partial charge in [0.15, 0.2) is 0 Å². The predicted molar refractivity (Wildman–Crippen MR) is 127 cm³/mol. The highest BCUT2D eigenvalue weighted by atomic mass is 35.5. The van der Waals surface area contributed by atoms with Crippen LogP contribution in [0.2, 0.25) is 10.0 Å². The molecule has 8 heteroatoms. The number of halogens is 2. The van der Waals surface area contributed by atoms with Crippen molar-refractivity contribution in [3.05, 3.63) is 88.7 Å². The third kappa shape index (κ3) is 4.51. The third-order valence-corrected chi connectivity index (χ3v) is 6.49. The summed E-state index contributed by atoms with van der Waals surface area (Å²) in [5.41, 5.74) is 2.43. The molecule has 0 fully saturated rings. The number of hydrogen-bond donors (Lipinski definition) is 1. The Balaban J connectivity index is 1.81. The minimum Gasteiger partial charge on any atom is -0.768 e. The molecule has 0 aliphatic heterocycles. The molecule has 1 atom stereocenters. The van der Waals surface area contributed by atoms with E-state index in [1.165, 1.54) is 0 Å². The second-order valence-corrected chi connectivity index (χ2v) is 9.52. The molecule has 0 radical (unpaired) electrons. The van der Waals surface area contributed by atoms with Crippen molar-refractivity contribution in [2.75, 3.05) is 0 Å². The van der Waals surface area contributed by atoms with Gasteiger partial charge >= 0.3 is 0 Å². The number of aliphatic hydroxyl groups is 1. The summed E-state index contributed by atoms with van der Waals surface area (Å²) in [6.07, 6.45) is 1.77. The molecule has 0 aliphatic rings. The number of rotatable bonds is 5. The summed E-state index contributed by atoms with van der Waals surface area (Å²) in [5.74, 6) is 0.547. The van der Waals surface area contributed by atoms with Gasteiger partial charge in [0.05, 0.1) is 15.7 Å². The van der Waals surface area contributed by atoms with E-state index in [1.54, 1.807) is 50.4 Å². The summed E-state index contributed by atoms with van der Waals surface area (Å²) in [4.78, 5) is 4.87. The summed E-state index contributed by atoms with van der Waals surface area (Å²) in [5, 5.41) is 11.3. The van der Waals surface area contributed by atoms with Gasteiger partial charge in [0.2, 0.25) is 0 Å². The quantitative estimate of drug-likeness (QED) is 0.352.